The third kappa shape index (κ3) is 2.52. The molecule has 1 fully saturated rings. The number of ether oxygens (including phenoxy) is 1. The maximum Gasteiger partial charge on any atom is 0.217 e. The fourth-order valence-electron chi connectivity index (χ4n) is 1.96. The molecule has 4 nitrogen and oxygen atoms in total. The monoisotopic (exact) mass is 221 g/mol. The number of aromatic hydroxyl groups is 1. The van der Waals surface area contributed by atoms with Crippen molar-refractivity contribution in [2.75, 3.05) is 6.61 Å². The van der Waals surface area contributed by atoms with E-state index in [-0.39, 0.29) is 23.7 Å². The van der Waals surface area contributed by atoms with Gasteiger partial charge in [-0.05, 0) is 24.1 Å². The summed E-state index contributed by atoms with van der Waals surface area (Å²) in [7, 11) is 0. The van der Waals surface area contributed by atoms with E-state index in [1.54, 1.807) is 18.2 Å². The summed E-state index contributed by atoms with van der Waals surface area (Å²) in [5.41, 5.74) is 6.16. The number of hydrogen-bond donors (Lipinski definition) is 2. The van der Waals surface area contributed by atoms with E-state index in [4.69, 9.17) is 10.5 Å². The highest BCUT2D eigenvalue weighted by Crippen LogP contribution is 2.27. The zero-order chi connectivity index (χ0) is 11.5. The summed E-state index contributed by atoms with van der Waals surface area (Å²) >= 11 is 0. The lowest BCUT2D eigenvalue weighted by Gasteiger charge is -2.36. The standard InChI is InChI=1S/C12H15NO3/c13-12(15)6-9-7-16-11(9)5-8-2-1-3-10(14)4-8/h1-4,9,11,14H,5-7H2,(H2,13,15). The molecule has 0 saturated carbocycles. The first kappa shape index (κ1) is 11.0. The lowest BCUT2D eigenvalue weighted by Crippen LogP contribution is -2.43. The van der Waals surface area contributed by atoms with Gasteiger partial charge >= 0.3 is 0 Å². The minimum atomic E-state index is -0.283. The fraction of sp³-hybridized carbons (Fsp3) is 0.417. The zero-order valence-electron chi connectivity index (χ0n) is 8.93. The Morgan fingerprint density at radius 3 is 2.94 bits per heavy atom. The largest absolute Gasteiger partial charge is 0.508 e. The van der Waals surface area contributed by atoms with Crippen molar-refractivity contribution < 1.29 is 14.6 Å². The van der Waals surface area contributed by atoms with Crippen LogP contribution in [0.4, 0.5) is 0 Å². The van der Waals surface area contributed by atoms with Gasteiger partial charge in [-0.1, -0.05) is 12.1 Å². The normalized spacial score (nSPS) is 23.8. The van der Waals surface area contributed by atoms with Gasteiger partial charge in [-0.15, -0.1) is 0 Å². The van der Waals surface area contributed by atoms with Crippen molar-refractivity contribution in [3.05, 3.63) is 29.8 Å². The quantitative estimate of drug-likeness (QED) is 0.790. The van der Waals surface area contributed by atoms with Gasteiger partial charge < -0.3 is 15.6 Å². The van der Waals surface area contributed by atoms with E-state index < -0.39 is 0 Å². The number of carbonyl (C=O) groups is 1. The van der Waals surface area contributed by atoms with Crippen molar-refractivity contribution in [1.29, 1.82) is 0 Å². The van der Waals surface area contributed by atoms with Crippen LogP contribution in [0, 0.1) is 5.92 Å². The molecule has 0 bridgehead atoms. The van der Waals surface area contributed by atoms with Crippen LogP contribution in [0.5, 0.6) is 5.75 Å². The zero-order valence-corrected chi connectivity index (χ0v) is 8.93. The van der Waals surface area contributed by atoms with Crippen LogP contribution in [-0.2, 0) is 16.0 Å². The molecule has 2 rings (SSSR count). The number of hydrogen-bond acceptors (Lipinski definition) is 3. The highest BCUT2D eigenvalue weighted by atomic mass is 16.5. The number of phenols is 1. The van der Waals surface area contributed by atoms with Gasteiger partial charge in [0.1, 0.15) is 5.75 Å². The second-order valence-corrected chi connectivity index (χ2v) is 4.18. The van der Waals surface area contributed by atoms with Crippen molar-refractivity contribution >= 4 is 5.91 Å². The molecule has 1 saturated heterocycles. The van der Waals surface area contributed by atoms with E-state index in [1.165, 1.54) is 0 Å². The highest BCUT2D eigenvalue weighted by molar-refractivity contribution is 5.74. The van der Waals surface area contributed by atoms with Crippen LogP contribution < -0.4 is 5.73 Å². The van der Waals surface area contributed by atoms with Gasteiger partial charge in [0.2, 0.25) is 5.91 Å². The van der Waals surface area contributed by atoms with Gasteiger partial charge in [0.15, 0.2) is 0 Å². The summed E-state index contributed by atoms with van der Waals surface area (Å²) in [5, 5.41) is 9.31. The molecule has 0 aromatic heterocycles. The summed E-state index contributed by atoms with van der Waals surface area (Å²) < 4.78 is 5.40. The van der Waals surface area contributed by atoms with Gasteiger partial charge in [0, 0.05) is 12.3 Å². The van der Waals surface area contributed by atoms with Gasteiger partial charge in [0.05, 0.1) is 12.7 Å². The molecule has 1 aliphatic rings. The minimum absolute atomic E-state index is 0.0503. The van der Waals surface area contributed by atoms with Gasteiger partial charge in [-0.3, -0.25) is 4.79 Å². The molecule has 2 atom stereocenters. The third-order valence-corrected chi connectivity index (χ3v) is 2.86. The van der Waals surface area contributed by atoms with Crippen LogP contribution in [0.25, 0.3) is 0 Å². The van der Waals surface area contributed by atoms with Crippen molar-refractivity contribution in [1.82, 2.24) is 0 Å². The Morgan fingerprint density at radius 2 is 2.38 bits per heavy atom. The second kappa shape index (κ2) is 4.53. The highest BCUT2D eigenvalue weighted by Gasteiger charge is 2.33. The number of benzene rings is 1. The number of phenolic OH excluding ortho intramolecular Hbond substituents is 1. The molecule has 1 aromatic rings. The van der Waals surface area contributed by atoms with Crippen LogP contribution in [-0.4, -0.2) is 23.7 Å². The number of rotatable bonds is 4. The maximum absolute atomic E-state index is 10.8. The Balaban J connectivity index is 1.93. The molecule has 2 unspecified atom stereocenters. The first-order chi connectivity index (χ1) is 7.65. The maximum atomic E-state index is 10.8. The molecule has 3 N–H and O–H groups in total. The number of carbonyl (C=O) groups excluding carboxylic acids is 1. The summed E-state index contributed by atoms with van der Waals surface area (Å²) in [6, 6.07) is 7.07. The Labute approximate surface area is 94.0 Å². The predicted octanol–water partition coefficient (Wildman–Crippen LogP) is 0.825. The Morgan fingerprint density at radius 1 is 1.56 bits per heavy atom. The van der Waals surface area contributed by atoms with E-state index in [9.17, 15) is 9.90 Å². The molecule has 1 aromatic carbocycles. The number of nitrogens with two attached hydrogens (primary N) is 1. The molecule has 16 heavy (non-hydrogen) atoms. The molecule has 0 aliphatic carbocycles. The fourth-order valence-corrected chi connectivity index (χ4v) is 1.96. The Hall–Kier alpha value is -1.55. The molecule has 4 heteroatoms. The predicted molar refractivity (Wildman–Crippen MR) is 58.9 cm³/mol. The molecule has 0 radical (unpaired) electrons. The van der Waals surface area contributed by atoms with Gasteiger partial charge in [-0.2, -0.15) is 0 Å². The first-order valence-electron chi connectivity index (χ1n) is 5.33. The Bertz CT molecular complexity index is 392. The summed E-state index contributed by atoms with van der Waals surface area (Å²) in [4.78, 5) is 10.8. The summed E-state index contributed by atoms with van der Waals surface area (Å²) in [6.07, 6.45) is 1.14. The van der Waals surface area contributed by atoms with Crippen LogP contribution in [0.2, 0.25) is 0 Å². The molecule has 1 amide bonds. The van der Waals surface area contributed by atoms with E-state index in [2.05, 4.69) is 0 Å². The van der Waals surface area contributed by atoms with E-state index >= 15 is 0 Å². The number of amides is 1. The van der Waals surface area contributed by atoms with E-state index in [0.29, 0.717) is 19.4 Å². The molecular weight excluding hydrogens is 206 g/mol. The van der Waals surface area contributed by atoms with Crippen molar-refractivity contribution in [3.8, 4) is 5.75 Å². The van der Waals surface area contributed by atoms with Crippen LogP contribution in [0.15, 0.2) is 24.3 Å². The summed E-state index contributed by atoms with van der Waals surface area (Å²) in [6.45, 7) is 0.604. The lowest BCUT2D eigenvalue weighted by molar-refractivity contribution is -0.137. The SMILES string of the molecule is NC(=O)CC1COC1Cc1cccc(O)c1. The first-order valence-corrected chi connectivity index (χ1v) is 5.33. The molecule has 86 valence electrons. The number of primary amides is 1. The van der Waals surface area contributed by atoms with Crippen molar-refractivity contribution in [2.24, 2.45) is 11.7 Å². The Kier molecular flexibility index (Phi) is 3.10. The average Bonchev–Trinajstić information content (AvgIpc) is 2.21. The minimum Gasteiger partial charge on any atom is -0.508 e. The second-order valence-electron chi connectivity index (χ2n) is 4.18. The van der Waals surface area contributed by atoms with Crippen LogP contribution >= 0.6 is 0 Å². The van der Waals surface area contributed by atoms with Gasteiger partial charge in [-0.25, -0.2) is 0 Å². The van der Waals surface area contributed by atoms with E-state index in [0.717, 1.165) is 5.56 Å². The summed E-state index contributed by atoms with van der Waals surface area (Å²) in [5.74, 6) is 0.192. The third-order valence-electron chi connectivity index (χ3n) is 2.86. The molecule has 1 heterocycles. The molecule has 1 aliphatic heterocycles. The molecule has 0 spiro atoms. The van der Waals surface area contributed by atoms with Gasteiger partial charge in [0.25, 0.3) is 0 Å². The van der Waals surface area contributed by atoms with Crippen molar-refractivity contribution in [3.63, 3.8) is 0 Å². The lowest BCUT2D eigenvalue weighted by atomic mass is 9.89. The van der Waals surface area contributed by atoms with Crippen LogP contribution in [0.3, 0.4) is 0 Å². The molecular formula is C12H15NO3. The van der Waals surface area contributed by atoms with E-state index in [1.807, 2.05) is 6.07 Å². The van der Waals surface area contributed by atoms with Crippen molar-refractivity contribution in [2.45, 2.75) is 18.9 Å². The topological polar surface area (TPSA) is 72.6 Å². The average molecular weight is 221 g/mol. The smallest absolute Gasteiger partial charge is 0.217 e. The van der Waals surface area contributed by atoms with Crippen LogP contribution in [0.1, 0.15) is 12.0 Å².